The standard InChI is InChI=1S/C51H63N/c1-4-7-10-12-14-21-39-51(40-22-15-13-11-8-5-2)48-29-20-19-27-46(48)47-28-23-30-49(50(47)51)52(44-25-17-16-18-26-44)45-37-35-43(36-38-45)42-33-31-41(32-34-42)24-9-6-3/h16-20,23,25-38H,4-15,21-22,24,39-40H2,1-3H3. The molecular weight excluding hydrogens is 627 g/mol. The van der Waals surface area contributed by atoms with Gasteiger partial charge in [-0.25, -0.2) is 0 Å². The molecule has 1 aliphatic carbocycles. The van der Waals surface area contributed by atoms with Crippen molar-refractivity contribution in [3.63, 3.8) is 0 Å². The number of nitrogens with zero attached hydrogens (tertiary/aromatic N) is 1. The summed E-state index contributed by atoms with van der Waals surface area (Å²) >= 11 is 0. The molecule has 6 rings (SSSR count). The Hall–Kier alpha value is -4.10. The van der Waals surface area contributed by atoms with E-state index >= 15 is 0 Å². The fourth-order valence-electron chi connectivity index (χ4n) is 8.83. The van der Waals surface area contributed by atoms with Crippen LogP contribution in [0.5, 0.6) is 0 Å². The van der Waals surface area contributed by atoms with Gasteiger partial charge in [0, 0.05) is 16.8 Å². The summed E-state index contributed by atoms with van der Waals surface area (Å²) in [6, 6.07) is 46.2. The van der Waals surface area contributed by atoms with Crippen molar-refractivity contribution in [1.29, 1.82) is 0 Å². The Kier molecular flexibility index (Phi) is 13.8. The Labute approximate surface area is 316 Å². The second-order valence-corrected chi connectivity index (χ2v) is 15.4. The Morgan fingerprint density at radius 2 is 0.942 bits per heavy atom. The summed E-state index contributed by atoms with van der Waals surface area (Å²) in [5, 5.41) is 0. The first-order valence-electron chi connectivity index (χ1n) is 21.0. The van der Waals surface area contributed by atoms with E-state index in [0.717, 1.165) is 6.42 Å². The van der Waals surface area contributed by atoms with E-state index < -0.39 is 0 Å². The lowest BCUT2D eigenvalue weighted by molar-refractivity contribution is 0.398. The molecule has 0 amide bonds. The molecule has 0 N–H and O–H groups in total. The predicted molar refractivity (Wildman–Crippen MR) is 227 cm³/mol. The van der Waals surface area contributed by atoms with Crippen LogP contribution < -0.4 is 4.90 Å². The molecule has 0 atom stereocenters. The number of rotatable bonds is 21. The molecule has 272 valence electrons. The van der Waals surface area contributed by atoms with Gasteiger partial charge in [0.1, 0.15) is 0 Å². The fraction of sp³-hybridized carbons (Fsp3) is 0.412. The highest BCUT2D eigenvalue weighted by Gasteiger charge is 2.44. The molecule has 0 saturated heterocycles. The normalized spacial score (nSPS) is 12.8. The summed E-state index contributed by atoms with van der Waals surface area (Å²) in [6.07, 6.45) is 22.0. The van der Waals surface area contributed by atoms with Crippen molar-refractivity contribution >= 4 is 17.1 Å². The Bertz CT molecular complexity index is 1770. The largest absolute Gasteiger partial charge is 0.310 e. The molecule has 0 bridgehead atoms. The van der Waals surface area contributed by atoms with Gasteiger partial charge in [0.2, 0.25) is 0 Å². The maximum Gasteiger partial charge on any atom is 0.0508 e. The SMILES string of the molecule is CCCCCCCCC1(CCCCCCCC)c2ccccc2-c2cccc(N(c3ccccc3)c3ccc(-c4ccc(CCCC)cc4)cc3)c21. The van der Waals surface area contributed by atoms with E-state index in [9.17, 15) is 0 Å². The monoisotopic (exact) mass is 689 g/mol. The van der Waals surface area contributed by atoms with Crippen molar-refractivity contribution in [3.8, 4) is 22.3 Å². The molecular formula is C51H63N. The topological polar surface area (TPSA) is 3.24 Å². The van der Waals surface area contributed by atoms with Crippen LogP contribution in [0.1, 0.15) is 140 Å². The highest BCUT2D eigenvalue weighted by Crippen LogP contribution is 2.58. The van der Waals surface area contributed by atoms with Crippen LogP contribution in [0.4, 0.5) is 17.1 Å². The summed E-state index contributed by atoms with van der Waals surface area (Å²) in [7, 11) is 0. The number of hydrogen-bond donors (Lipinski definition) is 0. The number of para-hydroxylation sites is 1. The zero-order valence-electron chi connectivity index (χ0n) is 32.5. The van der Waals surface area contributed by atoms with Gasteiger partial charge in [-0.05, 0) is 95.0 Å². The van der Waals surface area contributed by atoms with Crippen LogP contribution >= 0.6 is 0 Å². The molecule has 0 saturated carbocycles. The second-order valence-electron chi connectivity index (χ2n) is 15.4. The Morgan fingerprint density at radius 1 is 0.423 bits per heavy atom. The molecule has 0 radical (unpaired) electrons. The Balaban J connectivity index is 1.41. The number of aryl methyl sites for hydroxylation is 1. The van der Waals surface area contributed by atoms with E-state index in [1.807, 2.05) is 0 Å². The van der Waals surface area contributed by atoms with Crippen LogP contribution in [0.2, 0.25) is 0 Å². The number of unbranched alkanes of at least 4 members (excludes halogenated alkanes) is 11. The van der Waals surface area contributed by atoms with Gasteiger partial charge in [-0.3, -0.25) is 0 Å². The molecule has 1 nitrogen and oxygen atoms in total. The van der Waals surface area contributed by atoms with E-state index in [1.165, 1.54) is 148 Å². The average Bonchev–Trinajstić information content (AvgIpc) is 3.48. The minimum Gasteiger partial charge on any atom is -0.310 e. The molecule has 1 heteroatoms. The smallest absolute Gasteiger partial charge is 0.0508 e. The molecule has 0 unspecified atom stereocenters. The molecule has 0 aromatic heterocycles. The highest BCUT2D eigenvalue weighted by atomic mass is 15.1. The molecule has 0 heterocycles. The van der Waals surface area contributed by atoms with Crippen LogP contribution in [0.25, 0.3) is 22.3 Å². The first-order valence-corrected chi connectivity index (χ1v) is 21.0. The van der Waals surface area contributed by atoms with E-state index in [2.05, 4.69) is 147 Å². The van der Waals surface area contributed by atoms with Crippen LogP contribution in [0, 0.1) is 0 Å². The summed E-state index contributed by atoms with van der Waals surface area (Å²) in [6.45, 7) is 6.91. The summed E-state index contributed by atoms with van der Waals surface area (Å²) in [5.41, 5.74) is 13.7. The summed E-state index contributed by atoms with van der Waals surface area (Å²) in [5.74, 6) is 0. The van der Waals surface area contributed by atoms with Gasteiger partial charge in [0.15, 0.2) is 0 Å². The fourth-order valence-corrected chi connectivity index (χ4v) is 8.83. The van der Waals surface area contributed by atoms with E-state index in [4.69, 9.17) is 0 Å². The van der Waals surface area contributed by atoms with Gasteiger partial charge in [-0.1, -0.05) is 195 Å². The number of hydrogen-bond acceptors (Lipinski definition) is 1. The van der Waals surface area contributed by atoms with Gasteiger partial charge >= 0.3 is 0 Å². The van der Waals surface area contributed by atoms with E-state index in [1.54, 1.807) is 11.1 Å². The molecule has 0 aliphatic heterocycles. The van der Waals surface area contributed by atoms with Crippen LogP contribution in [0.3, 0.4) is 0 Å². The van der Waals surface area contributed by atoms with Gasteiger partial charge in [-0.2, -0.15) is 0 Å². The van der Waals surface area contributed by atoms with Gasteiger partial charge in [0.05, 0.1) is 5.69 Å². The van der Waals surface area contributed by atoms with Crippen LogP contribution in [-0.2, 0) is 11.8 Å². The zero-order valence-corrected chi connectivity index (χ0v) is 32.5. The van der Waals surface area contributed by atoms with Gasteiger partial charge < -0.3 is 4.90 Å². The van der Waals surface area contributed by atoms with Crippen molar-refractivity contribution in [2.75, 3.05) is 4.90 Å². The number of benzene rings is 5. The van der Waals surface area contributed by atoms with E-state index in [0.29, 0.717) is 0 Å². The highest BCUT2D eigenvalue weighted by molar-refractivity contribution is 5.91. The second kappa shape index (κ2) is 19.1. The minimum absolute atomic E-state index is 0.00449. The van der Waals surface area contributed by atoms with Crippen LogP contribution in [0.15, 0.2) is 121 Å². The molecule has 5 aromatic carbocycles. The first kappa shape index (κ1) is 37.7. The lowest BCUT2D eigenvalue weighted by Gasteiger charge is -2.37. The minimum atomic E-state index is 0.00449. The zero-order chi connectivity index (χ0) is 36.0. The average molecular weight is 690 g/mol. The van der Waals surface area contributed by atoms with Crippen molar-refractivity contribution < 1.29 is 0 Å². The van der Waals surface area contributed by atoms with Crippen molar-refractivity contribution in [2.24, 2.45) is 0 Å². The third-order valence-electron chi connectivity index (χ3n) is 11.7. The Morgan fingerprint density at radius 3 is 1.58 bits per heavy atom. The predicted octanol–water partition coefficient (Wildman–Crippen LogP) is 15.9. The molecule has 1 aliphatic rings. The molecule has 52 heavy (non-hydrogen) atoms. The maximum atomic E-state index is 2.56. The van der Waals surface area contributed by atoms with Crippen molar-refractivity contribution in [3.05, 3.63) is 138 Å². The molecule has 0 fully saturated rings. The third-order valence-corrected chi connectivity index (χ3v) is 11.7. The van der Waals surface area contributed by atoms with Gasteiger partial charge in [-0.15, -0.1) is 0 Å². The number of fused-ring (bicyclic) bond motifs is 3. The van der Waals surface area contributed by atoms with Crippen LogP contribution in [-0.4, -0.2) is 0 Å². The van der Waals surface area contributed by atoms with Crippen molar-refractivity contribution in [1.82, 2.24) is 0 Å². The van der Waals surface area contributed by atoms with Gasteiger partial charge in [0.25, 0.3) is 0 Å². The quantitative estimate of drug-likeness (QED) is 0.0693. The number of anilines is 3. The molecule has 0 spiro atoms. The summed E-state index contributed by atoms with van der Waals surface area (Å²) < 4.78 is 0. The third kappa shape index (κ3) is 8.74. The maximum absolute atomic E-state index is 2.56. The van der Waals surface area contributed by atoms with E-state index in [-0.39, 0.29) is 5.41 Å². The lowest BCUT2D eigenvalue weighted by atomic mass is 9.70. The first-order chi connectivity index (χ1) is 25.7. The molecule has 5 aromatic rings. The van der Waals surface area contributed by atoms with Crippen molar-refractivity contribution in [2.45, 2.75) is 135 Å². The lowest BCUT2D eigenvalue weighted by Crippen LogP contribution is -2.28. The summed E-state index contributed by atoms with van der Waals surface area (Å²) in [4.78, 5) is 2.56.